The highest BCUT2D eigenvalue weighted by Crippen LogP contribution is 2.44. The number of benzene rings is 1. The van der Waals surface area contributed by atoms with Gasteiger partial charge in [0.05, 0.1) is 18.7 Å². The zero-order chi connectivity index (χ0) is 20.1. The average Bonchev–Trinajstić information content (AvgIpc) is 2.92. The molecule has 0 aliphatic carbocycles. The molecule has 1 aromatic carbocycles. The maximum absolute atomic E-state index is 11.7. The summed E-state index contributed by atoms with van der Waals surface area (Å²) in [6.07, 6.45) is 8.37. The van der Waals surface area contributed by atoms with Crippen LogP contribution in [0.1, 0.15) is 31.7 Å². The van der Waals surface area contributed by atoms with E-state index >= 15 is 0 Å². The Balaban J connectivity index is 1.90. The van der Waals surface area contributed by atoms with Gasteiger partial charge in [-0.1, -0.05) is 37.3 Å². The first kappa shape index (κ1) is 19.5. The number of hydrogen-bond donors (Lipinski definition) is 2. The predicted octanol–water partition coefficient (Wildman–Crippen LogP) is 3.40. The van der Waals surface area contributed by atoms with Gasteiger partial charge >= 0.3 is 5.97 Å². The van der Waals surface area contributed by atoms with Gasteiger partial charge in [0.25, 0.3) is 0 Å². The molecule has 0 bridgehead atoms. The lowest BCUT2D eigenvalue weighted by Crippen LogP contribution is -2.18. The number of carbonyl (C=O) groups excluding carboxylic acids is 1. The molecule has 6 heteroatoms. The summed E-state index contributed by atoms with van der Waals surface area (Å²) in [6.45, 7) is 2.34. The summed E-state index contributed by atoms with van der Waals surface area (Å²) in [7, 11) is 0. The molecule has 0 saturated carbocycles. The lowest BCUT2D eigenvalue weighted by molar-refractivity contribution is -0.137. The van der Waals surface area contributed by atoms with E-state index in [1.807, 2.05) is 60.5 Å². The van der Waals surface area contributed by atoms with Gasteiger partial charge in [0, 0.05) is 24.2 Å². The van der Waals surface area contributed by atoms with Gasteiger partial charge in [0.1, 0.15) is 5.76 Å². The van der Waals surface area contributed by atoms with Crippen molar-refractivity contribution < 1.29 is 19.4 Å². The number of rotatable bonds is 8. The molecule has 0 spiro atoms. The summed E-state index contributed by atoms with van der Waals surface area (Å²) in [5, 5.41) is 8.79. The minimum Gasteiger partial charge on any atom is -0.491 e. The highest BCUT2D eigenvalue weighted by atomic mass is 16.5. The molecule has 6 nitrogen and oxygen atoms in total. The summed E-state index contributed by atoms with van der Waals surface area (Å²) in [6, 6.07) is 9.98. The predicted molar refractivity (Wildman–Crippen MR) is 106 cm³/mol. The van der Waals surface area contributed by atoms with E-state index in [0.29, 0.717) is 18.8 Å². The van der Waals surface area contributed by atoms with Gasteiger partial charge < -0.3 is 20.5 Å². The quantitative estimate of drug-likeness (QED) is 0.674. The fraction of sp³-hybridized carbons (Fsp3) is 0.273. The SMILES string of the molecule is CC1C(CC(N)=O)=C2C(OCCCC(=O)O)=CC=CN2/C1=C\c1ccccc1. The number of nitrogens with zero attached hydrogens (tertiary/aromatic N) is 1. The third kappa shape index (κ3) is 4.34. The number of nitrogens with two attached hydrogens (primary N) is 1. The molecule has 2 aliphatic rings. The van der Waals surface area contributed by atoms with Crippen LogP contribution in [0.2, 0.25) is 0 Å². The zero-order valence-electron chi connectivity index (χ0n) is 15.8. The molecule has 0 fully saturated rings. The Kier molecular flexibility index (Phi) is 5.99. The Labute approximate surface area is 164 Å². The van der Waals surface area contributed by atoms with Gasteiger partial charge in [-0.25, -0.2) is 0 Å². The maximum Gasteiger partial charge on any atom is 0.303 e. The standard InChI is InChI=1S/C22H24N2O4/c1-15-17(14-20(23)25)22-19(28-12-6-10-21(26)27)9-5-11-24(22)18(15)13-16-7-3-2-4-8-16/h2-5,7-9,11,13,15H,6,10,12,14H2,1H3,(H2,23,25)(H,26,27)/b18-13-. The smallest absolute Gasteiger partial charge is 0.303 e. The van der Waals surface area contributed by atoms with Crippen LogP contribution in [0.5, 0.6) is 0 Å². The van der Waals surface area contributed by atoms with E-state index in [-0.39, 0.29) is 18.8 Å². The Morgan fingerprint density at radius 1 is 1.29 bits per heavy atom. The van der Waals surface area contributed by atoms with E-state index in [0.717, 1.165) is 22.5 Å². The first-order valence-electron chi connectivity index (χ1n) is 9.28. The van der Waals surface area contributed by atoms with Crippen LogP contribution in [0, 0.1) is 5.92 Å². The van der Waals surface area contributed by atoms with Gasteiger partial charge in [-0.05, 0) is 35.8 Å². The Morgan fingerprint density at radius 3 is 2.71 bits per heavy atom. The number of amides is 1. The molecular weight excluding hydrogens is 356 g/mol. The number of aliphatic carboxylic acids is 1. The molecule has 28 heavy (non-hydrogen) atoms. The zero-order valence-corrected chi connectivity index (χ0v) is 15.8. The molecule has 2 heterocycles. The number of carboxylic acid groups (broad SMARTS) is 1. The molecule has 3 rings (SSSR count). The third-order valence-corrected chi connectivity index (χ3v) is 4.78. The monoisotopic (exact) mass is 380 g/mol. The average molecular weight is 380 g/mol. The number of carboxylic acids is 1. The van der Waals surface area contributed by atoms with Crippen LogP contribution >= 0.6 is 0 Å². The maximum atomic E-state index is 11.7. The number of carbonyl (C=O) groups is 2. The van der Waals surface area contributed by atoms with E-state index in [2.05, 4.69) is 6.08 Å². The number of allylic oxidation sites excluding steroid dienone is 3. The number of hydrogen-bond acceptors (Lipinski definition) is 4. The Bertz CT molecular complexity index is 881. The van der Waals surface area contributed by atoms with Crippen LogP contribution in [-0.4, -0.2) is 28.5 Å². The van der Waals surface area contributed by atoms with Crippen LogP contribution in [0.25, 0.3) is 6.08 Å². The summed E-state index contributed by atoms with van der Waals surface area (Å²) < 4.78 is 5.87. The molecule has 0 saturated heterocycles. The van der Waals surface area contributed by atoms with E-state index in [4.69, 9.17) is 15.6 Å². The topological polar surface area (TPSA) is 92.9 Å². The number of fused-ring (bicyclic) bond motifs is 1. The summed E-state index contributed by atoms with van der Waals surface area (Å²) in [5.74, 6) is -0.613. The van der Waals surface area contributed by atoms with Gasteiger partial charge in [0.2, 0.25) is 5.91 Å². The van der Waals surface area contributed by atoms with Crippen molar-refractivity contribution in [1.29, 1.82) is 0 Å². The van der Waals surface area contributed by atoms with Crippen LogP contribution in [0.3, 0.4) is 0 Å². The molecule has 1 atom stereocenters. The Morgan fingerprint density at radius 2 is 2.04 bits per heavy atom. The van der Waals surface area contributed by atoms with E-state index in [1.54, 1.807) is 0 Å². The Hall–Kier alpha value is -3.28. The molecule has 1 amide bonds. The lowest BCUT2D eigenvalue weighted by atomic mass is 9.95. The van der Waals surface area contributed by atoms with Crippen molar-refractivity contribution in [1.82, 2.24) is 4.90 Å². The molecule has 3 N–H and O–H groups in total. The minimum absolute atomic E-state index is 0.00326. The third-order valence-electron chi connectivity index (χ3n) is 4.78. The first-order valence-corrected chi connectivity index (χ1v) is 9.28. The van der Waals surface area contributed by atoms with Crippen molar-refractivity contribution in [2.45, 2.75) is 26.2 Å². The minimum atomic E-state index is -0.848. The molecule has 2 aliphatic heterocycles. The fourth-order valence-electron chi connectivity index (χ4n) is 3.47. The largest absolute Gasteiger partial charge is 0.491 e. The first-order chi connectivity index (χ1) is 13.5. The van der Waals surface area contributed by atoms with Crippen LogP contribution in [0.15, 0.2) is 71.4 Å². The van der Waals surface area contributed by atoms with Crippen LogP contribution in [0.4, 0.5) is 0 Å². The van der Waals surface area contributed by atoms with Crippen molar-refractivity contribution in [3.05, 3.63) is 77.0 Å². The van der Waals surface area contributed by atoms with Gasteiger partial charge in [-0.3, -0.25) is 9.59 Å². The molecule has 1 unspecified atom stereocenters. The van der Waals surface area contributed by atoms with Crippen molar-refractivity contribution in [2.24, 2.45) is 11.7 Å². The van der Waals surface area contributed by atoms with E-state index in [9.17, 15) is 9.59 Å². The second-order valence-electron chi connectivity index (χ2n) is 6.81. The van der Waals surface area contributed by atoms with E-state index < -0.39 is 11.9 Å². The highest BCUT2D eigenvalue weighted by Gasteiger charge is 2.36. The highest BCUT2D eigenvalue weighted by molar-refractivity contribution is 5.78. The fourth-order valence-corrected chi connectivity index (χ4v) is 3.47. The van der Waals surface area contributed by atoms with Gasteiger partial charge in [-0.15, -0.1) is 0 Å². The van der Waals surface area contributed by atoms with Crippen LogP contribution < -0.4 is 5.73 Å². The van der Waals surface area contributed by atoms with Gasteiger partial charge in [-0.2, -0.15) is 0 Å². The summed E-state index contributed by atoms with van der Waals surface area (Å²) >= 11 is 0. The van der Waals surface area contributed by atoms with Crippen molar-refractivity contribution >= 4 is 18.0 Å². The summed E-state index contributed by atoms with van der Waals surface area (Å²) in [4.78, 5) is 24.4. The molecular formula is C22H24N2O4. The van der Waals surface area contributed by atoms with E-state index in [1.165, 1.54) is 0 Å². The summed E-state index contributed by atoms with van der Waals surface area (Å²) in [5.41, 5.74) is 9.33. The molecule has 0 radical (unpaired) electrons. The lowest BCUT2D eigenvalue weighted by Gasteiger charge is -2.25. The number of primary amides is 1. The second kappa shape index (κ2) is 8.61. The second-order valence-corrected chi connectivity index (χ2v) is 6.81. The van der Waals surface area contributed by atoms with Crippen molar-refractivity contribution in [2.75, 3.05) is 6.61 Å². The number of ether oxygens (including phenoxy) is 1. The van der Waals surface area contributed by atoms with Crippen LogP contribution in [-0.2, 0) is 14.3 Å². The van der Waals surface area contributed by atoms with Crippen molar-refractivity contribution in [3.8, 4) is 0 Å². The van der Waals surface area contributed by atoms with Gasteiger partial charge in [0.15, 0.2) is 0 Å². The molecule has 1 aromatic rings. The molecule has 0 aromatic heterocycles. The molecule has 146 valence electrons. The normalized spacial score (nSPS) is 19.6. The van der Waals surface area contributed by atoms with Crippen molar-refractivity contribution in [3.63, 3.8) is 0 Å².